The number of guanidine groups is 1. The minimum absolute atomic E-state index is 0. The molecule has 0 unspecified atom stereocenters. The molecule has 7 heteroatoms. The second-order valence-electron chi connectivity index (χ2n) is 6.63. The molecule has 1 aliphatic rings. The quantitative estimate of drug-likeness (QED) is 0.237. The number of rotatable bonds is 7. The van der Waals surface area contributed by atoms with Gasteiger partial charge < -0.3 is 20.5 Å². The number of halogens is 1. The predicted molar refractivity (Wildman–Crippen MR) is 119 cm³/mol. The number of nitrogens with zero attached hydrogens (tertiary/aromatic N) is 1. The fourth-order valence-electron chi connectivity index (χ4n) is 3.26. The summed E-state index contributed by atoms with van der Waals surface area (Å²) in [5.41, 5.74) is 1.07. The Bertz CT molecular complexity index is 602. The SMILES string of the molecule is CCNC(=NCCc1cccc(O)c1)NC1CCC(C(=O)OCC)CC1.I. The van der Waals surface area contributed by atoms with Gasteiger partial charge >= 0.3 is 5.97 Å². The zero-order valence-electron chi connectivity index (χ0n) is 16.2. The molecule has 0 radical (unpaired) electrons. The van der Waals surface area contributed by atoms with Crippen molar-refractivity contribution in [1.29, 1.82) is 0 Å². The van der Waals surface area contributed by atoms with Gasteiger partial charge in [0.15, 0.2) is 5.96 Å². The average molecular weight is 489 g/mol. The number of esters is 1. The van der Waals surface area contributed by atoms with Gasteiger partial charge in [-0.3, -0.25) is 9.79 Å². The summed E-state index contributed by atoms with van der Waals surface area (Å²) in [5.74, 6) is 1.08. The smallest absolute Gasteiger partial charge is 0.308 e. The first kappa shape index (κ1) is 23.5. The normalized spacial score (nSPS) is 19.7. The van der Waals surface area contributed by atoms with Crippen molar-refractivity contribution in [3.8, 4) is 5.75 Å². The summed E-state index contributed by atoms with van der Waals surface area (Å²) in [7, 11) is 0. The van der Waals surface area contributed by atoms with Crippen molar-refractivity contribution in [2.75, 3.05) is 19.7 Å². The van der Waals surface area contributed by atoms with Gasteiger partial charge in [0.05, 0.1) is 12.5 Å². The van der Waals surface area contributed by atoms with Crippen LogP contribution in [-0.4, -0.2) is 42.8 Å². The summed E-state index contributed by atoms with van der Waals surface area (Å²) in [6, 6.07) is 7.61. The molecule has 0 atom stereocenters. The molecule has 0 aliphatic heterocycles. The molecular weight excluding hydrogens is 457 g/mol. The Kier molecular flexibility index (Phi) is 11.2. The van der Waals surface area contributed by atoms with Crippen LogP contribution in [0, 0.1) is 5.92 Å². The molecule has 1 saturated carbocycles. The fraction of sp³-hybridized carbons (Fsp3) is 0.600. The number of ether oxygens (including phenoxy) is 1. The summed E-state index contributed by atoms with van der Waals surface area (Å²) in [4.78, 5) is 16.5. The monoisotopic (exact) mass is 489 g/mol. The van der Waals surface area contributed by atoms with E-state index in [-0.39, 0.29) is 41.6 Å². The van der Waals surface area contributed by atoms with Crippen molar-refractivity contribution >= 4 is 35.9 Å². The van der Waals surface area contributed by atoms with Gasteiger partial charge in [0.25, 0.3) is 0 Å². The first-order chi connectivity index (χ1) is 12.6. The van der Waals surface area contributed by atoms with E-state index in [1.54, 1.807) is 12.1 Å². The summed E-state index contributed by atoms with van der Waals surface area (Å²) in [6.45, 7) is 5.80. The summed E-state index contributed by atoms with van der Waals surface area (Å²) >= 11 is 0. The van der Waals surface area contributed by atoms with Gasteiger partial charge in [-0.2, -0.15) is 0 Å². The van der Waals surface area contributed by atoms with E-state index in [9.17, 15) is 9.90 Å². The van der Waals surface area contributed by atoms with Crippen LogP contribution in [0.5, 0.6) is 5.75 Å². The standard InChI is InChI=1S/C20H31N3O3.HI/c1-3-21-20(22-13-12-15-6-5-7-18(24)14-15)23-17-10-8-16(9-11-17)19(25)26-4-2;/h5-7,14,16-17,24H,3-4,8-13H2,1-2H3,(H2,21,22,23);1H. The van der Waals surface area contributed by atoms with Gasteiger partial charge in [-0.15, -0.1) is 24.0 Å². The fourth-order valence-corrected chi connectivity index (χ4v) is 3.26. The minimum Gasteiger partial charge on any atom is -0.508 e. The Morgan fingerprint density at radius 1 is 1.26 bits per heavy atom. The van der Waals surface area contributed by atoms with Crippen molar-refractivity contribution in [2.45, 2.75) is 52.0 Å². The van der Waals surface area contributed by atoms with Crippen LogP contribution in [0.1, 0.15) is 45.1 Å². The molecule has 0 heterocycles. The number of aromatic hydroxyl groups is 1. The topological polar surface area (TPSA) is 83.0 Å². The molecule has 0 spiro atoms. The molecule has 2 rings (SSSR count). The maximum absolute atomic E-state index is 11.8. The highest BCUT2D eigenvalue weighted by Crippen LogP contribution is 2.25. The first-order valence-electron chi connectivity index (χ1n) is 9.61. The van der Waals surface area contributed by atoms with E-state index in [0.717, 1.165) is 50.2 Å². The van der Waals surface area contributed by atoms with Crippen LogP contribution >= 0.6 is 24.0 Å². The largest absolute Gasteiger partial charge is 0.508 e. The lowest BCUT2D eigenvalue weighted by Gasteiger charge is -2.29. The van der Waals surface area contributed by atoms with Gasteiger partial charge in [0.1, 0.15) is 5.75 Å². The molecule has 0 amide bonds. The van der Waals surface area contributed by atoms with Crippen molar-refractivity contribution in [2.24, 2.45) is 10.9 Å². The third kappa shape index (κ3) is 8.36. The van der Waals surface area contributed by atoms with E-state index >= 15 is 0 Å². The van der Waals surface area contributed by atoms with Crippen LogP contribution in [0.25, 0.3) is 0 Å². The molecule has 152 valence electrons. The molecule has 0 bridgehead atoms. The van der Waals surface area contributed by atoms with Crippen LogP contribution in [0.2, 0.25) is 0 Å². The lowest BCUT2D eigenvalue weighted by Crippen LogP contribution is -2.45. The summed E-state index contributed by atoms with van der Waals surface area (Å²) < 4.78 is 5.13. The molecule has 0 saturated heterocycles. The number of aliphatic imine (C=N–C) groups is 1. The van der Waals surface area contributed by atoms with E-state index in [2.05, 4.69) is 15.6 Å². The Morgan fingerprint density at radius 3 is 2.63 bits per heavy atom. The number of phenols is 1. The summed E-state index contributed by atoms with van der Waals surface area (Å²) in [6.07, 6.45) is 4.39. The lowest BCUT2D eigenvalue weighted by molar-refractivity contribution is -0.149. The third-order valence-electron chi connectivity index (χ3n) is 4.61. The number of carbonyl (C=O) groups is 1. The van der Waals surface area contributed by atoms with Crippen LogP contribution in [0.3, 0.4) is 0 Å². The van der Waals surface area contributed by atoms with Crippen molar-refractivity contribution in [3.05, 3.63) is 29.8 Å². The van der Waals surface area contributed by atoms with Crippen LogP contribution in [0.15, 0.2) is 29.3 Å². The highest BCUT2D eigenvalue weighted by atomic mass is 127. The van der Waals surface area contributed by atoms with Gasteiger partial charge in [-0.05, 0) is 63.6 Å². The van der Waals surface area contributed by atoms with Gasteiger partial charge in [0.2, 0.25) is 0 Å². The highest BCUT2D eigenvalue weighted by molar-refractivity contribution is 14.0. The Hall–Kier alpha value is -1.51. The number of benzene rings is 1. The molecule has 1 aliphatic carbocycles. The number of nitrogens with one attached hydrogen (secondary N) is 2. The molecule has 1 fully saturated rings. The Morgan fingerprint density at radius 2 is 2.00 bits per heavy atom. The van der Waals surface area contributed by atoms with Crippen LogP contribution in [0.4, 0.5) is 0 Å². The van der Waals surface area contributed by atoms with E-state index in [1.807, 2.05) is 26.0 Å². The molecular formula is C20H32IN3O3. The van der Waals surface area contributed by atoms with E-state index in [1.165, 1.54) is 0 Å². The number of carbonyl (C=O) groups excluding carboxylic acids is 1. The molecule has 1 aromatic carbocycles. The van der Waals surface area contributed by atoms with E-state index < -0.39 is 0 Å². The second kappa shape index (κ2) is 12.8. The van der Waals surface area contributed by atoms with Crippen molar-refractivity contribution in [1.82, 2.24) is 10.6 Å². The Labute approximate surface area is 179 Å². The zero-order valence-corrected chi connectivity index (χ0v) is 18.6. The first-order valence-corrected chi connectivity index (χ1v) is 9.61. The maximum Gasteiger partial charge on any atom is 0.308 e. The molecule has 27 heavy (non-hydrogen) atoms. The van der Waals surface area contributed by atoms with Crippen LogP contribution < -0.4 is 10.6 Å². The molecule has 0 aromatic heterocycles. The number of phenolic OH excluding ortho intramolecular Hbond substituents is 1. The zero-order chi connectivity index (χ0) is 18.8. The number of hydrogen-bond acceptors (Lipinski definition) is 4. The summed E-state index contributed by atoms with van der Waals surface area (Å²) in [5, 5.41) is 16.3. The predicted octanol–water partition coefficient (Wildman–Crippen LogP) is 3.23. The van der Waals surface area contributed by atoms with Crippen LogP contribution in [-0.2, 0) is 16.0 Å². The van der Waals surface area contributed by atoms with Crippen molar-refractivity contribution < 1.29 is 14.6 Å². The highest BCUT2D eigenvalue weighted by Gasteiger charge is 2.27. The minimum atomic E-state index is -0.0577. The van der Waals surface area contributed by atoms with E-state index in [4.69, 9.17) is 4.74 Å². The van der Waals surface area contributed by atoms with Crippen molar-refractivity contribution in [3.63, 3.8) is 0 Å². The van der Waals surface area contributed by atoms with Gasteiger partial charge in [-0.25, -0.2) is 0 Å². The van der Waals surface area contributed by atoms with E-state index in [0.29, 0.717) is 19.2 Å². The van der Waals surface area contributed by atoms with Gasteiger partial charge in [0, 0.05) is 19.1 Å². The van der Waals surface area contributed by atoms with Gasteiger partial charge in [-0.1, -0.05) is 12.1 Å². The Balaban J connectivity index is 0.00000364. The number of hydrogen-bond donors (Lipinski definition) is 3. The lowest BCUT2D eigenvalue weighted by atomic mass is 9.86. The average Bonchev–Trinajstić information content (AvgIpc) is 2.63. The second-order valence-corrected chi connectivity index (χ2v) is 6.63. The molecule has 3 N–H and O–H groups in total. The molecule has 6 nitrogen and oxygen atoms in total. The third-order valence-corrected chi connectivity index (χ3v) is 4.61. The molecule has 1 aromatic rings. The maximum atomic E-state index is 11.8.